The van der Waals surface area contributed by atoms with Crippen LogP contribution >= 0.6 is 0 Å². The Balaban J connectivity index is 0.000000677. The van der Waals surface area contributed by atoms with Gasteiger partial charge in [0.15, 0.2) is 0 Å². The lowest BCUT2D eigenvalue weighted by molar-refractivity contribution is -0.114. The fourth-order valence-electron chi connectivity index (χ4n) is 1.61. The van der Waals surface area contributed by atoms with Crippen LogP contribution in [0.3, 0.4) is 0 Å². The zero-order chi connectivity index (χ0) is 15.7. The number of aromatic nitrogens is 2. The SMILES string of the molecule is CCC.CNc1cc(-c2ccnc(NC(C)=O)c2)ccn1. The van der Waals surface area contributed by atoms with Gasteiger partial charge in [0, 0.05) is 26.4 Å². The summed E-state index contributed by atoms with van der Waals surface area (Å²) in [6.45, 7) is 5.71. The van der Waals surface area contributed by atoms with Gasteiger partial charge in [-0.15, -0.1) is 0 Å². The molecule has 0 aliphatic heterocycles. The first-order valence-electron chi connectivity index (χ1n) is 6.98. The van der Waals surface area contributed by atoms with Crippen molar-refractivity contribution in [3.05, 3.63) is 36.7 Å². The molecule has 5 heteroatoms. The summed E-state index contributed by atoms with van der Waals surface area (Å²) in [7, 11) is 1.82. The van der Waals surface area contributed by atoms with Crippen molar-refractivity contribution in [1.82, 2.24) is 9.97 Å². The molecule has 112 valence electrons. The highest BCUT2D eigenvalue weighted by Gasteiger charge is 2.02. The van der Waals surface area contributed by atoms with Crippen molar-refractivity contribution in [3.8, 4) is 11.1 Å². The number of hydrogen-bond donors (Lipinski definition) is 2. The van der Waals surface area contributed by atoms with E-state index < -0.39 is 0 Å². The molecule has 2 rings (SSSR count). The molecule has 0 unspecified atom stereocenters. The Morgan fingerprint density at radius 2 is 1.52 bits per heavy atom. The summed E-state index contributed by atoms with van der Waals surface area (Å²) in [5.41, 5.74) is 2.00. The molecule has 0 saturated heterocycles. The van der Waals surface area contributed by atoms with Gasteiger partial charge < -0.3 is 10.6 Å². The van der Waals surface area contributed by atoms with E-state index in [-0.39, 0.29) is 5.91 Å². The maximum absolute atomic E-state index is 11.0. The van der Waals surface area contributed by atoms with Gasteiger partial charge in [-0.1, -0.05) is 20.3 Å². The lowest BCUT2D eigenvalue weighted by Gasteiger charge is -2.06. The highest BCUT2D eigenvalue weighted by Crippen LogP contribution is 2.22. The van der Waals surface area contributed by atoms with E-state index in [0.717, 1.165) is 16.9 Å². The number of carbonyl (C=O) groups is 1. The summed E-state index contributed by atoms with van der Waals surface area (Å²) in [6, 6.07) is 7.57. The van der Waals surface area contributed by atoms with Crippen LogP contribution in [0.4, 0.5) is 11.6 Å². The summed E-state index contributed by atoms with van der Waals surface area (Å²) in [4.78, 5) is 19.2. The maximum Gasteiger partial charge on any atom is 0.222 e. The minimum atomic E-state index is -0.134. The summed E-state index contributed by atoms with van der Waals surface area (Å²) >= 11 is 0. The average molecular weight is 286 g/mol. The smallest absolute Gasteiger partial charge is 0.222 e. The summed E-state index contributed by atoms with van der Waals surface area (Å²) < 4.78 is 0. The molecule has 0 atom stereocenters. The highest BCUT2D eigenvalue weighted by molar-refractivity contribution is 5.88. The third-order valence-corrected chi connectivity index (χ3v) is 2.41. The molecule has 0 bridgehead atoms. The van der Waals surface area contributed by atoms with Crippen molar-refractivity contribution in [2.45, 2.75) is 27.2 Å². The third kappa shape index (κ3) is 5.60. The minimum absolute atomic E-state index is 0.134. The molecule has 2 N–H and O–H groups in total. The second kappa shape index (κ2) is 8.68. The second-order valence-electron chi connectivity index (χ2n) is 4.50. The van der Waals surface area contributed by atoms with E-state index in [4.69, 9.17) is 0 Å². The summed E-state index contributed by atoms with van der Waals surface area (Å²) in [6.07, 6.45) is 4.65. The van der Waals surface area contributed by atoms with Crippen molar-refractivity contribution >= 4 is 17.5 Å². The van der Waals surface area contributed by atoms with Crippen LogP contribution in [-0.2, 0) is 4.79 Å². The lowest BCUT2D eigenvalue weighted by atomic mass is 10.1. The van der Waals surface area contributed by atoms with Crippen LogP contribution in [0, 0.1) is 0 Å². The monoisotopic (exact) mass is 286 g/mol. The first-order valence-corrected chi connectivity index (χ1v) is 6.98. The van der Waals surface area contributed by atoms with Crippen LogP contribution in [0.5, 0.6) is 0 Å². The van der Waals surface area contributed by atoms with Crippen LogP contribution in [-0.4, -0.2) is 22.9 Å². The van der Waals surface area contributed by atoms with Crippen molar-refractivity contribution in [1.29, 1.82) is 0 Å². The Bertz CT molecular complexity index is 584. The van der Waals surface area contributed by atoms with Crippen molar-refractivity contribution in [2.75, 3.05) is 17.7 Å². The number of pyridine rings is 2. The van der Waals surface area contributed by atoms with Gasteiger partial charge in [-0.05, 0) is 35.4 Å². The normalized spacial score (nSPS) is 9.33. The Morgan fingerprint density at radius 3 is 2.00 bits per heavy atom. The van der Waals surface area contributed by atoms with E-state index in [1.165, 1.54) is 13.3 Å². The quantitative estimate of drug-likeness (QED) is 0.905. The van der Waals surface area contributed by atoms with Gasteiger partial charge in [0.25, 0.3) is 0 Å². The van der Waals surface area contributed by atoms with Gasteiger partial charge in [-0.2, -0.15) is 0 Å². The topological polar surface area (TPSA) is 66.9 Å². The maximum atomic E-state index is 11.0. The third-order valence-electron chi connectivity index (χ3n) is 2.41. The number of nitrogens with zero attached hydrogens (tertiary/aromatic N) is 2. The zero-order valence-electron chi connectivity index (χ0n) is 13.0. The lowest BCUT2D eigenvalue weighted by Crippen LogP contribution is -2.07. The van der Waals surface area contributed by atoms with Gasteiger partial charge in [-0.3, -0.25) is 4.79 Å². The van der Waals surface area contributed by atoms with Gasteiger partial charge in [0.2, 0.25) is 5.91 Å². The average Bonchev–Trinajstić information content (AvgIpc) is 2.48. The Hall–Kier alpha value is -2.43. The predicted molar refractivity (Wildman–Crippen MR) is 87.3 cm³/mol. The van der Waals surface area contributed by atoms with Crippen molar-refractivity contribution < 1.29 is 4.79 Å². The van der Waals surface area contributed by atoms with Crippen LogP contribution in [0.25, 0.3) is 11.1 Å². The molecule has 5 nitrogen and oxygen atoms in total. The van der Waals surface area contributed by atoms with Gasteiger partial charge in [0.05, 0.1) is 0 Å². The highest BCUT2D eigenvalue weighted by atomic mass is 16.1. The molecule has 0 radical (unpaired) electrons. The zero-order valence-corrected chi connectivity index (χ0v) is 13.0. The van der Waals surface area contributed by atoms with Crippen molar-refractivity contribution in [2.24, 2.45) is 0 Å². The Kier molecular flexibility index (Phi) is 6.87. The fourth-order valence-corrected chi connectivity index (χ4v) is 1.61. The molecule has 0 saturated carbocycles. The van der Waals surface area contributed by atoms with E-state index in [1.807, 2.05) is 31.3 Å². The molecule has 2 heterocycles. The molecular formula is C16H22N4O. The van der Waals surface area contributed by atoms with Crippen LogP contribution in [0.1, 0.15) is 27.2 Å². The molecule has 2 aromatic rings. The summed E-state index contributed by atoms with van der Waals surface area (Å²) in [5.74, 6) is 1.21. The van der Waals surface area contributed by atoms with Crippen molar-refractivity contribution in [3.63, 3.8) is 0 Å². The van der Waals surface area contributed by atoms with Crippen LogP contribution in [0.2, 0.25) is 0 Å². The van der Waals surface area contributed by atoms with E-state index in [1.54, 1.807) is 12.4 Å². The van der Waals surface area contributed by atoms with Crippen LogP contribution < -0.4 is 10.6 Å². The van der Waals surface area contributed by atoms with E-state index in [2.05, 4.69) is 34.4 Å². The number of hydrogen-bond acceptors (Lipinski definition) is 4. The first-order chi connectivity index (χ1) is 10.1. The molecule has 0 spiro atoms. The second-order valence-corrected chi connectivity index (χ2v) is 4.50. The number of amides is 1. The molecule has 0 aromatic carbocycles. The van der Waals surface area contributed by atoms with E-state index >= 15 is 0 Å². The Labute approximate surface area is 125 Å². The molecule has 0 fully saturated rings. The molecule has 0 aliphatic rings. The number of anilines is 2. The van der Waals surface area contributed by atoms with E-state index in [9.17, 15) is 4.79 Å². The fraction of sp³-hybridized carbons (Fsp3) is 0.312. The molecule has 21 heavy (non-hydrogen) atoms. The minimum Gasteiger partial charge on any atom is -0.373 e. The van der Waals surface area contributed by atoms with E-state index in [0.29, 0.717) is 5.82 Å². The van der Waals surface area contributed by atoms with Crippen LogP contribution in [0.15, 0.2) is 36.7 Å². The first kappa shape index (κ1) is 16.6. The molecule has 1 amide bonds. The Morgan fingerprint density at radius 1 is 1.05 bits per heavy atom. The predicted octanol–water partition coefficient (Wildman–Crippen LogP) is 3.56. The number of rotatable bonds is 3. The number of carbonyl (C=O) groups excluding carboxylic acids is 1. The molecular weight excluding hydrogens is 264 g/mol. The number of nitrogens with one attached hydrogen (secondary N) is 2. The van der Waals surface area contributed by atoms with Gasteiger partial charge in [-0.25, -0.2) is 9.97 Å². The molecule has 0 aliphatic carbocycles. The van der Waals surface area contributed by atoms with Gasteiger partial charge in [0.1, 0.15) is 11.6 Å². The van der Waals surface area contributed by atoms with Gasteiger partial charge >= 0.3 is 0 Å². The standard InChI is InChI=1S/C13H14N4O.C3H8/c1-9(18)17-13-8-11(4-6-16-13)10-3-5-15-12(7-10)14-2;1-3-2/h3-8H,1-2H3,(H,14,15)(H,16,17,18);3H2,1-2H3. The largest absolute Gasteiger partial charge is 0.373 e. The summed E-state index contributed by atoms with van der Waals surface area (Å²) in [5, 5.41) is 5.65. The molecule has 2 aromatic heterocycles.